The van der Waals surface area contributed by atoms with E-state index in [9.17, 15) is 9.18 Å². The first-order chi connectivity index (χ1) is 13.2. The van der Waals surface area contributed by atoms with E-state index in [1.165, 1.54) is 12.1 Å². The minimum absolute atomic E-state index is 0.193. The van der Waals surface area contributed by atoms with Crippen molar-refractivity contribution in [2.45, 2.75) is 25.4 Å². The van der Waals surface area contributed by atoms with Crippen molar-refractivity contribution >= 4 is 6.03 Å². The molecule has 7 heteroatoms. The van der Waals surface area contributed by atoms with Gasteiger partial charge in [-0.1, -0.05) is 47.6 Å². The number of nitrogens with zero attached hydrogens (tertiary/aromatic N) is 3. The fourth-order valence-corrected chi connectivity index (χ4v) is 3.22. The maximum Gasteiger partial charge on any atom is 0.318 e. The Kier molecular flexibility index (Phi) is 4.82. The van der Waals surface area contributed by atoms with Gasteiger partial charge in [-0.25, -0.2) is 9.18 Å². The molecule has 138 valence electrons. The maximum absolute atomic E-state index is 13.0. The van der Waals surface area contributed by atoms with Gasteiger partial charge in [-0.2, -0.15) is 4.98 Å². The monoisotopic (exact) mass is 366 g/mol. The molecule has 1 aliphatic rings. The molecule has 3 aromatic rings. The summed E-state index contributed by atoms with van der Waals surface area (Å²) in [6, 6.07) is 15.2. The van der Waals surface area contributed by atoms with Crippen molar-refractivity contribution in [2.75, 3.05) is 6.54 Å². The molecule has 6 nitrogen and oxygen atoms in total. The quantitative estimate of drug-likeness (QED) is 0.760. The highest BCUT2D eigenvalue weighted by Gasteiger charge is 2.34. The van der Waals surface area contributed by atoms with Crippen LogP contribution in [-0.2, 0) is 6.54 Å². The third-order valence-electron chi connectivity index (χ3n) is 4.63. The van der Waals surface area contributed by atoms with Gasteiger partial charge in [-0.3, -0.25) is 0 Å². The Morgan fingerprint density at radius 3 is 2.74 bits per heavy atom. The molecular formula is C20H19FN4O2. The molecule has 0 radical (unpaired) electrons. The Labute approximate surface area is 156 Å². The summed E-state index contributed by atoms with van der Waals surface area (Å²) in [5, 5.41) is 6.92. The zero-order chi connectivity index (χ0) is 18.6. The highest BCUT2D eigenvalue weighted by molar-refractivity contribution is 5.75. The molecule has 1 fully saturated rings. The summed E-state index contributed by atoms with van der Waals surface area (Å²) in [5.41, 5.74) is 1.71. The van der Waals surface area contributed by atoms with Crippen LogP contribution < -0.4 is 5.32 Å². The van der Waals surface area contributed by atoms with Gasteiger partial charge in [0.15, 0.2) is 0 Å². The first kappa shape index (κ1) is 17.2. The van der Waals surface area contributed by atoms with Crippen LogP contribution in [0.3, 0.4) is 0 Å². The molecule has 0 aliphatic carbocycles. The third kappa shape index (κ3) is 3.81. The Bertz CT molecular complexity index is 911. The van der Waals surface area contributed by atoms with Gasteiger partial charge in [0.25, 0.3) is 0 Å². The summed E-state index contributed by atoms with van der Waals surface area (Å²) >= 11 is 0. The maximum atomic E-state index is 13.0. The van der Waals surface area contributed by atoms with Crippen molar-refractivity contribution in [3.63, 3.8) is 0 Å². The average molecular weight is 366 g/mol. The van der Waals surface area contributed by atoms with Crippen LogP contribution in [0.1, 0.15) is 30.3 Å². The van der Waals surface area contributed by atoms with Crippen LogP contribution in [0, 0.1) is 5.82 Å². The number of aromatic nitrogens is 2. The smallest absolute Gasteiger partial charge is 0.318 e. The number of benzene rings is 2. The Balaban J connectivity index is 1.43. The number of amides is 2. The Morgan fingerprint density at radius 1 is 1.19 bits per heavy atom. The van der Waals surface area contributed by atoms with Crippen LogP contribution >= 0.6 is 0 Å². The minimum atomic E-state index is -0.296. The van der Waals surface area contributed by atoms with E-state index < -0.39 is 0 Å². The van der Waals surface area contributed by atoms with Gasteiger partial charge < -0.3 is 14.7 Å². The summed E-state index contributed by atoms with van der Waals surface area (Å²) in [5.74, 6) is 0.669. The lowest BCUT2D eigenvalue weighted by Crippen LogP contribution is -2.39. The summed E-state index contributed by atoms with van der Waals surface area (Å²) in [4.78, 5) is 18.8. The SMILES string of the molecule is O=C(NCc1ccc(F)cc1)N1CCCC1c1nc(-c2ccccc2)no1. The number of carbonyl (C=O) groups is 1. The van der Waals surface area contributed by atoms with Gasteiger partial charge in [0.05, 0.1) is 0 Å². The highest BCUT2D eigenvalue weighted by atomic mass is 19.1. The fourth-order valence-electron chi connectivity index (χ4n) is 3.22. The number of halogens is 1. The molecule has 2 amide bonds. The lowest BCUT2D eigenvalue weighted by Gasteiger charge is -2.22. The molecule has 0 bridgehead atoms. The van der Waals surface area contributed by atoms with Crippen LogP contribution in [0.25, 0.3) is 11.4 Å². The molecule has 1 unspecified atom stereocenters. The number of nitrogens with one attached hydrogen (secondary N) is 1. The molecule has 1 aromatic heterocycles. The average Bonchev–Trinajstić information content (AvgIpc) is 3.37. The second-order valence-corrected chi connectivity index (χ2v) is 6.46. The second-order valence-electron chi connectivity index (χ2n) is 6.46. The van der Waals surface area contributed by atoms with Crippen molar-refractivity contribution in [1.82, 2.24) is 20.4 Å². The summed E-state index contributed by atoms with van der Waals surface area (Å²) in [6.45, 7) is 0.963. The number of likely N-dealkylation sites (tertiary alicyclic amines) is 1. The normalized spacial score (nSPS) is 16.5. The lowest BCUT2D eigenvalue weighted by atomic mass is 10.2. The highest BCUT2D eigenvalue weighted by Crippen LogP contribution is 2.32. The van der Waals surface area contributed by atoms with Crippen molar-refractivity contribution in [1.29, 1.82) is 0 Å². The summed E-state index contributed by atoms with van der Waals surface area (Å²) in [6.07, 6.45) is 1.65. The van der Waals surface area contributed by atoms with E-state index in [4.69, 9.17) is 4.52 Å². The molecule has 0 saturated carbocycles. The molecule has 1 atom stereocenters. The summed E-state index contributed by atoms with van der Waals surface area (Å²) < 4.78 is 18.4. The van der Waals surface area contributed by atoms with Crippen molar-refractivity contribution < 1.29 is 13.7 Å². The Hall–Kier alpha value is -3.22. The molecule has 2 aromatic carbocycles. The van der Waals surface area contributed by atoms with Crippen LogP contribution in [0.2, 0.25) is 0 Å². The number of hydrogen-bond donors (Lipinski definition) is 1. The van der Waals surface area contributed by atoms with E-state index >= 15 is 0 Å². The molecule has 0 spiro atoms. The number of rotatable bonds is 4. The predicted octanol–water partition coefficient (Wildman–Crippen LogP) is 3.92. The molecule has 27 heavy (non-hydrogen) atoms. The minimum Gasteiger partial charge on any atom is -0.337 e. The molecule has 1 saturated heterocycles. The molecule has 2 heterocycles. The number of carbonyl (C=O) groups excluding carboxylic acids is 1. The van der Waals surface area contributed by atoms with Crippen molar-refractivity contribution in [3.8, 4) is 11.4 Å². The van der Waals surface area contributed by atoms with E-state index in [2.05, 4.69) is 15.5 Å². The molecule has 1 aliphatic heterocycles. The Morgan fingerprint density at radius 2 is 1.96 bits per heavy atom. The van der Waals surface area contributed by atoms with E-state index in [0.717, 1.165) is 24.0 Å². The lowest BCUT2D eigenvalue weighted by molar-refractivity contribution is 0.180. The zero-order valence-corrected chi connectivity index (χ0v) is 14.6. The van der Waals surface area contributed by atoms with Gasteiger partial charge in [-0.15, -0.1) is 0 Å². The van der Waals surface area contributed by atoms with Crippen LogP contribution in [0.15, 0.2) is 59.1 Å². The van der Waals surface area contributed by atoms with E-state index in [1.54, 1.807) is 17.0 Å². The second kappa shape index (κ2) is 7.57. The van der Waals surface area contributed by atoms with Crippen LogP contribution in [0.4, 0.5) is 9.18 Å². The van der Waals surface area contributed by atoms with E-state index in [-0.39, 0.29) is 17.9 Å². The van der Waals surface area contributed by atoms with Gasteiger partial charge in [0.1, 0.15) is 11.9 Å². The topological polar surface area (TPSA) is 71.3 Å². The van der Waals surface area contributed by atoms with Gasteiger partial charge in [-0.05, 0) is 30.5 Å². The molecule has 1 N–H and O–H groups in total. The van der Waals surface area contributed by atoms with Crippen molar-refractivity contribution in [3.05, 3.63) is 71.9 Å². The zero-order valence-electron chi connectivity index (χ0n) is 14.6. The standard InChI is InChI=1S/C20H19FN4O2/c21-16-10-8-14(9-11-16)13-22-20(26)25-12-4-7-17(25)19-23-18(24-27-19)15-5-2-1-3-6-15/h1-3,5-6,8-11,17H,4,7,12-13H2,(H,22,26). The van der Waals surface area contributed by atoms with Crippen LogP contribution in [0.5, 0.6) is 0 Å². The first-order valence-corrected chi connectivity index (χ1v) is 8.88. The van der Waals surface area contributed by atoms with Crippen LogP contribution in [-0.4, -0.2) is 27.6 Å². The third-order valence-corrected chi connectivity index (χ3v) is 4.63. The predicted molar refractivity (Wildman–Crippen MR) is 97.1 cm³/mol. The fraction of sp³-hybridized carbons (Fsp3) is 0.250. The van der Waals surface area contributed by atoms with Gasteiger partial charge >= 0.3 is 6.03 Å². The van der Waals surface area contributed by atoms with E-state index in [1.807, 2.05) is 30.3 Å². The number of urea groups is 1. The molecular weight excluding hydrogens is 347 g/mol. The summed E-state index contributed by atoms with van der Waals surface area (Å²) in [7, 11) is 0. The van der Waals surface area contributed by atoms with E-state index in [0.29, 0.717) is 24.8 Å². The largest absolute Gasteiger partial charge is 0.337 e. The number of hydrogen-bond acceptors (Lipinski definition) is 4. The van der Waals surface area contributed by atoms with Gasteiger partial charge in [0.2, 0.25) is 11.7 Å². The molecule has 4 rings (SSSR count). The van der Waals surface area contributed by atoms with Gasteiger partial charge in [0, 0.05) is 18.7 Å². The van der Waals surface area contributed by atoms with Crippen molar-refractivity contribution in [2.24, 2.45) is 0 Å². The first-order valence-electron chi connectivity index (χ1n) is 8.88.